The maximum atomic E-state index is 13.0. The van der Waals surface area contributed by atoms with Crippen LogP contribution in [0.15, 0.2) is 65.6 Å². The zero-order valence-electron chi connectivity index (χ0n) is 19.2. The largest absolute Gasteiger partial charge is 0.490 e. The molecule has 36 heavy (non-hydrogen) atoms. The summed E-state index contributed by atoms with van der Waals surface area (Å²) in [5.41, 5.74) is 2.50. The first-order valence-corrected chi connectivity index (χ1v) is 12.5. The number of nitrogens with zero attached hydrogens (tertiary/aromatic N) is 2. The molecule has 0 aliphatic carbocycles. The summed E-state index contributed by atoms with van der Waals surface area (Å²) in [6.07, 6.45) is 1.64. The Morgan fingerprint density at radius 3 is 2.56 bits per heavy atom. The molecule has 1 fully saturated rings. The van der Waals surface area contributed by atoms with E-state index in [1.54, 1.807) is 66.7 Å². The van der Waals surface area contributed by atoms with Gasteiger partial charge in [0.05, 0.1) is 29.7 Å². The Hall–Kier alpha value is -3.44. The fraction of sp³-hybridized carbons (Fsp3) is 0.148. The molecule has 0 radical (unpaired) electrons. The minimum atomic E-state index is -0.409. The number of hydrogen-bond donors (Lipinski definition) is 0. The van der Waals surface area contributed by atoms with E-state index in [2.05, 4.69) is 6.07 Å². The fourth-order valence-electron chi connectivity index (χ4n) is 3.52. The normalized spacial score (nSPS) is 14.3. The van der Waals surface area contributed by atoms with Gasteiger partial charge in [0, 0.05) is 15.6 Å². The molecule has 3 aromatic rings. The molecule has 2 amide bonds. The molecule has 182 valence electrons. The predicted molar refractivity (Wildman–Crippen MR) is 141 cm³/mol. The number of hydrogen-bond acceptors (Lipinski definition) is 6. The molecule has 0 atom stereocenters. The fourth-order valence-corrected chi connectivity index (χ4v) is 4.82. The van der Waals surface area contributed by atoms with Gasteiger partial charge in [0.25, 0.3) is 11.1 Å². The third kappa shape index (κ3) is 5.85. The van der Waals surface area contributed by atoms with Crippen LogP contribution in [-0.2, 0) is 17.9 Å². The number of imide groups is 1. The van der Waals surface area contributed by atoms with Crippen molar-refractivity contribution in [1.82, 2.24) is 4.90 Å². The standard InChI is InChI=1S/C27H20Cl2N2O4S/c1-2-34-24-11-17(7-10-23(24)35-16-20-8-9-21(28)13-22(20)29)12-25-26(32)31(27(33)36-25)15-19-6-4-3-5-18(19)14-30/h3-13H,2,15-16H2,1H3/b25-12+. The molecule has 0 N–H and O–H groups in total. The molecule has 0 bridgehead atoms. The lowest BCUT2D eigenvalue weighted by Gasteiger charge is -2.14. The number of carbonyl (C=O) groups excluding carboxylic acids is 2. The first-order chi connectivity index (χ1) is 17.4. The van der Waals surface area contributed by atoms with E-state index < -0.39 is 5.91 Å². The molecular formula is C27H20Cl2N2O4S. The summed E-state index contributed by atoms with van der Waals surface area (Å²) in [4.78, 5) is 27.0. The molecule has 0 aromatic heterocycles. The minimum absolute atomic E-state index is 0.0377. The van der Waals surface area contributed by atoms with Gasteiger partial charge in [0.1, 0.15) is 6.61 Å². The van der Waals surface area contributed by atoms with Crippen molar-refractivity contribution >= 4 is 52.2 Å². The van der Waals surface area contributed by atoms with Crippen molar-refractivity contribution in [1.29, 1.82) is 5.26 Å². The smallest absolute Gasteiger partial charge is 0.293 e. The maximum absolute atomic E-state index is 13.0. The average Bonchev–Trinajstić information content (AvgIpc) is 3.12. The van der Waals surface area contributed by atoms with Crippen LogP contribution in [0.2, 0.25) is 10.0 Å². The van der Waals surface area contributed by atoms with Gasteiger partial charge in [-0.25, -0.2) is 0 Å². The van der Waals surface area contributed by atoms with Gasteiger partial charge >= 0.3 is 0 Å². The van der Waals surface area contributed by atoms with Crippen LogP contribution in [-0.4, -0.2) is 22.7 Å². The van der Waals surface area contributed by atoms with Gasteiger partial charge in [-0.3, -0.25) is 14.5 Å². The van der Waals surface area contributed by atoms with Crippen molar-refractivity contribution in [2.75, 3.05) is 6.61 Å². The molecule has 6 nitrogen and oxygen atoms in total. The number of amides is 2. The van der Waals surface area contributed by atoms with E-state index in [9.17, 15) is 14.9 Å². The predicted octanol–water partition coefficient (Wildman–Crippen LogP) is 7.08. The Kier molecular flexibility index (Phi) is 8.21. The van der Waals surface area contributed by atoms with E-state index in [4.69, 9.17) is 32.7 Å². The van der Waals surface area contributed by atoms with Crippen molar-refractivity contribution < 1.29 is 19.1 Å². The summed E-state index contributed by atoms with van der Waals surface area (Å²) < 4.78 is 11.7. The van der Waals surface area contributed by atoms with Crippen molar-refractivity contribution in [2.45, 2.75) is 20.1 Å². The first kappa shape index (κ1) is 25.6. The Labute approximate surface area is 223 Å². The van der Waals surface area contributed by atoms with Gasteiger partial charge in [-0.05, 0) is 66.2 Å². The summed E-state index contributed by atoms with van der Waals surface area (Å²) >= 11 is 13.1. The lowest BCUT2D eigenvalue weighted by atomic mass is 10.1. The topological polar surface area (TPSA) is 79.6 Å². The van der Waals surface area contributed by atoms with Gasteiger partial charge in [-0.15, -0.1) is 0 Å². The highest BCUT2D eigenvalue weighted by Gasteiger charge is 2.35. The number of rotatable bonds is 8. The summed E-state index contributed by atoms with van der Waals surface area (Å²) in [6, 6.07) is 19.5. The Morgan fingerprint density at radius 2 is 1.81 bits per heavy atom. The first-order valence-electron chi connectivity index (χ1n) is 11.0. The summed E-state index contributed by atoms with van der Waals surface area (Å²) in [5, 5.41) is 9.96. The van der Waals surface area contributed by atoms with Gasteiger partial charge in [0.15, 0.2) is 11.5 Å². The molecule has 4 rings (SSSR count). The highest BCUT2D eigenvalue weighted by molar-refractivity contribution is 8.18. The second kappa shape index (κ2) is 11.5. The average molecular weight is 539 g/mol. The molecular weight excluding hydrogens is 519 g/mol. The summed E-state index contributed by atoms with van der Waals surface area (Å²) in [7, 11) is 0. The van der Waals surface area contributed by atoms with Gasteiger partial charge in [-0.1, -0.05) is 53.5 Å². The maximum Gasteiger partial charge on any atom is 0.293 e. The van der Waals surface area contributed by atoms with Crippen LogP contribution < -0.4 is 9.47 Å². The monoisotopic (exact) mass is 538 g/mol. The van der Waals surface area contributed by atoms with E-state index in [0.717, 1.165) is 22.2 Å². The Bertz CT molecular complexity index is 1400. The third-order valence-electron chi connectivity index (χ3n) is 5.30. The quantitative estimate of drug-likeness (QED) is 0.285. The zero-order chi connectivity index (χ0) is 25.7. The number of nitriles is 1. The summed E-state index contributed by atoms with van der Waals surface area (Å²) in [5.74, 6) is 0.605. The van der Waals surface area contributed by atoms with Crippen LogP contribution in [0.1, 0.15) is 29.2 Å². The number of carbonyl (C=O) groups is 2. The van der Waals surface area contributed by atoms with Gasteiger partial charge in [0.2, 0.25) is 0 Å². The van der Waals surface area contributed by atoms with Crippen LogP contribution in [0, 0.1) is 11.3 Å². The van der Waals surface area contributed by atoms with Crippen LogP contribution >= 0.6 is 35.0 Å². The van der Waals surface area contributed by atoms with Gasteiger partial charge < -0.3 is 9.47 Å². The van der Waals surface area contributed by atoms with E-state index in [-0.39, 0.29) is 18.4 Å². The molecule has 1 aliphatic rings. The molecule has 1 saturated heterocycles. The third-order valence-corrected chi connectivity index (χ3v) is 6.80. The van der Waals surface area contributed by atoms with Gasteiger partial charge in [-0.2, -0.15) is 5.26 Å². The van der Waals surface area contributed by atoms with E-state index >= 15 is 0 Å². The van der Waals surface area contributed by atoms with Crippen LogP contribution in [0.25, 0.3) is 6.08 Å². The van der Waals surface area contributed by atoms with E-state index in [1.165, 1.54) is 0 Å². The highest BCUT2D eigenvalue weighted by Crippen LogP contribution is 2.36. The number of halogens is 2. The number of benzene rings is 3. The zero-order valence-corrected chi connectivity index (χ0v) is 21.5. The molecule has 1 aliphatic heterocycles. The van der Waals surface area contributed by atoms with Crippen molar-refractivity contribution in [3.63, 3.8) is 0 Å². The SMILES string of the molecule is CCOc1cc(/C=C2/SC(=O)N(Cc3ccccc3C#N)C2=O)ccc1OCc1ccc(Cl)cc1Cl. The Balaban J connectivity index is 1.52. The molecule has 1 heterocycles. The van der Waals surface area contributed by atoms with Crippen LogP contribution in [0.3, 0.4) is 0 Å². The van der Waals surface area contributed by atoms with Crippen molar-refractivity contribution in [3.05, 3.63) is 97.9 Å². The second-order valence-corrected chi connectivity index (χ2v) is 9.54. The minimum Gasteiger partial charge on any atom is -0.490 e. The highest BCUT2D eigenvalue weighted by atomic mass is 35.5. The number of ether oxygens (including phenoxy) is 2. The second-order valence-electron chi connectivity index (χ2n) is 7.70. The van der Waals surface area contributed by atoms with Crippen molar-refractivity contribution in [2.24, 2.45) is 0 Å². The molecule has 3 aromatic carbocycles. The van der Waals surface area contributed by atoms with Crippen molar-refractivity contribution in [3.8, 4) is 17.6 Å². The molecule has 0 saturated carbocycles. The Morgan fingerprint density at radius 1 is 1.00 bits per heavy atom. The molecule has 9 heteroatoms. The lowest BCUT2D eigenvalue weighted by molar-refractivity contribution is -0.123. The summed E-state index contributed by atoms with van der Waals surface area (Å²) in [6.45, 7) is 2.53. The van der Waals surface area contributed by atoms with Crippen LogP contribution in [0.4, 0.5) is 4.79 Å². The van der Waals surface area contributed by atoms with Crippen LogP contribution in [0.5, 0.6) is 11.5 Å². The van der Waals surface area contributed by atoms with E-state index in [1.807, 2.05) is 6.92 Å². The van der Waals surface area contributed by atoms with E-state index in [0.29, 0.717) is 49.7 Å². The molecule has 0 unspecified atom stereocenters. The molecule has 0 spiro atoms. The number of thioether (sulfide) groups is 1. The lowest BCUT2D eigenvalue weighted by Crippen LogP contribution is -2.27.